The molecule has 1 saturated heterocycles. The van der Waals surface area contributed by atoms with Crippen LogP contribution in [0.5, 0.6) is 0 Å². The highest BCUT2D eigenvalue weighted by atomic mass is 15.1. The van der Waals surface area contributed by atoms with Crippen molar-refractivity contribution < 1.29 is 0 Å². The maximum Gasteiger partial charge on any atom is 0.161 e. The predicted molar refractivity (Wildman–Crippen MR) is 130 cm³/mol. The summed E-state index contributed by atoms with van der Waals surface area (Å²) in [6.45, 7) is 2.97. The Hall–Kier alpha value is -3.82. The molecule has 0 spiro atoms. The van der Waals surface area contributed by atoms with Crippen molar-refractivity contribution >= 4 is 5.69 Å². The molecule has 2 aromatic carbocycles. The Balaban J connectivity index is 1.37. The van der Waals surface area contributed by atoms with E-state index in [9.17, 15) is 0 Å². The quantitative estimate of drug-likeness (QED) is 0.428. The highest BCUT2D eigenvalue weighted by molar-refractivity contribution is 5.72. The third kappa shape index (κ3) is 3.71. The van der Waals surface area contributed by atoms with Crippen molar-refractivity contribution in [1.82, 2.24) is 19.4 Å². The van der Waals surface area contributed by atoms with E-state index in [1.54, 1.807) is 0 Å². The fourth-order valence-corrected chi connectivity index (χ4v) is 5.03. The van der Waals surface area contributed by atoms with Crippen molar-refractivity contribution in [2.75, 3.05) is 18.4 Å². The third-order valence-corrected chi connectivity index (χ3v) is 6.74. The van der Waals surface area contributed by atoms with Crippen molar-refractivity contribution in [1.29, 1.82) is 5.26 Å². The average Bonchev–Trinajstić information content (AvgIpc) is 3.37. The zero-order valence-electron chi connectivity index (χ0n) is 18.5. The van der Waals surface area contributed by atoms with Crippen LogP contribution in [0.15, 0.2) is 67.1 Å². The summed E-state index contributed by atoms with van der Waals surface area (Å²) in [5, 5.41) is 16.4. The fourth-order valence-electron chi connectivity index (χ4n) is 5.03. The van der Waals surface area contributed by atoms with Gasteiger partial charge in [-0.1, -0.05) is 12.1 Å². The lowest BCUT2D eigenvalue weighted by Crippen LogP contribution is -2.21. The number of benzene rings is 2. The van der Waals surface area contributed by atoms with Crippen LogP contribution >= 0.6 is 0 Å². The minimum absolute atomic E-state index is 0.512. The minimum Gasteiger partial charge on any atom is -0.382 e. The maximum atomic E-state index is 9.11. The first-order valence-electron chi connectivity index (χ1n) is 11.6. The van der Waals surface area contributed by atoms with E-state index in [0.717, 1.165) is 48.7 Å². The molecule has 0 aliphatic carbocycles. The minimum atomic E-state index is 0.512. The first kappa shape index (κ1) is 19.8. The Bertz CT molecular complexity index is 1330. The van der Waals surface area contributed by atoms with Gasteiger partial charge in [0.05, 0.1) is 23.0 Å². The zero-order chi connectivity index (χ0) is 22.2. The van der Waals surface area contributed by atoms with Gasteiger partial charge >= 0.3 is 0 Å². The van der Waals surface area contributed by atoms with Gasteiger partial charge in [-0.15, -0.1) is 0 Å². The summed E-state index contributed by atoms with van der Waals surface area (Å²) >= 11 is 0. The molecule has 33 heavy (non-hydrogen) atoms. The first-order chi connectivity index (χ1) is 16.3. The van der Waals surface area contributed by atoms with Crippen LogP contribution in [-0.2, 0) is 6.54 Å². The number of hydrogen-bond acceptors (Lipinski definition) is 4. The van der Waals surface area contributed by atoms with E-state index in [2.05, 4.69) is 56.3 Å². The van der Waals surface area contributed by atoms with Crippen LogP contribution in [0.2, 0.25) is 0 Å². The summed E-state index contributed by atoms with van der Waals surface area (Å²) in [4.78, 5) is 4.69. The number of rotatable bonds is 3. The molecular weight excluding hydrogens is 408 g/mol. The van der Waals surface area contributed by atoms with Gasteiger partial charge in [0.25, 0.3) is 0 Å². The number of fused-ring (bicyclic) bond motifs is 5. The number of imidazole rings is 1. The number of nitrogens with one attached hydrogen (secondary N) is 2. The zero-order valence-corrected chi connectivity index (χ0v) is 18.5. The molecule has 2 aromatic heterocycles. The number of nitriles is 1. The summed E-state index contributed by atoms with van der Waals surface area (Å²) in [6.07, 6.45) is 9.67. The van der Waals surface area contributed by atoms with Crippen LogP contribution in [0.3, 0.4) is 0 Å². The molecule has 2 N–H and O–H groups in total. The Morgan fingerprint density at radius 2 is 1.94 bits per heavy atom. The van der Waals surface area contributed by atoms with E-state index >= 15 is 0 Å². The van der Waals surface area contributed by atoms with Gasteiger partial charge in [0.1, 0.15) is 0 Å². The lowest BCUT2D eigenvalue weighted by atomic mass is 10.1. The molecule has 0 bridgehead atoms. The molecule has 1 atom stereocenters. The largest absolute Gasteiger partial charge is 0.382 e. The van der Waals surface area contributed by atoms with Crippen LogP contribution in [0.1, 0.15) is 30.4 Å². The number of anilines is 1. The van der Waals surface area contributed by atoms with Crippen LogP contribution < -0.4 is 10.6 Å². The van der Waals surface area contributed by atoms with Crippen LogP contribution in [0, 0.1) is 11.3 Å². The van der Waals surface area contributed by atoms with Gasteiger partial charge < -0.3 is 15.2 Å². The van der Waals surface area contributed by atoms with Crippen LogP contribution in [-0.4, -0.2) is 33.2 Å². The molecule has 1 fully saturated rings. The van der Waals surface area contributed by atoms with Crippen molar-refractivity contribution in [3.63, 3.8) is 0 Å². The molecule has 4 heterocycles. The van der Waals surface area contributed by atoms with E-state index in [1.165, 1.54) is 29.8 Å². The van der Waals surface area contributed by atoms with Gasteiger partial charge in [-0.2, -0.15) is 5.26 Å². The van der Waals surface area contributed by atoms with Gasteiger partial charge in [-0.3, -0.25) is 4.57 Å². The van der Waals surface area contributed by atoms with E-state index in [-0.39, 0.29) is 0 Å². The normalized spacial score (nSPS) is 17.1. The molecule has 2 aliphatic heterocycles. The Kier molecular flexibility index (Phi) is 4.97. The molecule has 1 unspecified atom stereocenters. The number of nitrogens with zero attached hydrogens (tertiary/aromatic N) is 4. The molecule has 0 saturated carbocycles. The van der Waals surface area contributed by atoms with Crippen molar-refractivity contribution in [2.45, 2.75) is 31.8 Å². The second kappa shape index (κ2) is 8.27. The van der Waals surface area contributed by atoms with Gasteiger partial charge in [-0.25, -0.2) is 4.98 Å². The smallest absolute Gasteiger partial charge is 0.161 e. The first-order valence-corrected chi connectivity index (χ1v) is 11.6. The molecule has 0 radical (unpaired) electrons. The molecular formula is C27H26N6. The monoisotopic (exact) mass is 434 g/mol. The SMILES string of the molecule is N#Cc1ccc(-c2cc3n(c2)Cc2cc(NC4CCCNCC4)ccc2-n2ccnc2-3)cc1. The van der Waals surface area contributed by atoms with Crippen LogP contribution in [0.4, 0.5) is 5.69 Å². The van der Waals surface area contributed by atoms with Crippen molar-refractivity contribution in [3.8, 4) is 34.4 Å². The van der Waals surface area contributed by atoms with Gasteiger partial charge in [0.2, 0.25) is 0 Å². The highest BCUT2D eigenvalue weighted by Crippen LogP contribution is 2.35. The lowest BCUT2D eigenvalue weighted by Gasteiger charge is -2.19. The number of hydrogen-bond donors (Lipinski definition) is 2. The predicted octanol–water partition coefficient (Wildman–Crippen LogP) is 4.80. The molecule has 4 aromatic rings. The Morgan fingerprint density at radius 3 is 2.82 bits per heavy atom. The lowest BCUT2D eigenvalue weighted by molar-refractivity contribution is 0.637. The molecule has 6 heteroatoms. The van der Waals surface area contributed by atoms with Crippen LogP contribution in [0.25, 0.3) is 28.3 Å². The topological polar surface area (TPSA) is 70.6 Å². The van der Waals surface area contributed by atoms with E-state index in [0.29, 0.717) is 11.6 Å². The van der Waals surface area contributed by atoms with Gasteiger partial charge in [0, 0.05) is 42.4 Å². The maximum absolute atomic E-state index is 9.11. The standard InChI is InChI=1S/C27H26N6/c28-16-19-3-5-20(6-4-19)21-15-26-27-30-12-13-33(27)25-8-7-24(14-22(25)18-32(26)17-21)31-23-2-1-10-29-11-9-23/h3-8,12-15,17,23,29,31H,1-2,9-11,18H2. The Labute approximate surface area is 193 Å². The summed E-state index contributed by atoms with van der Waals surface area (Å²) in [7, 11) is 0. The second-order valence-electron chi connectivity index (χ2n) is 8.92. The van der Waals surface area contributed by atoms with Gasteiger partial charge in [0.15, 0.2) is 5.82 Å². The summed E-state index contributed by atoms with van der Waals surface area (Å²) in [5.74, 6) is 0.948. The van der Waals surface area contributed by atoms with Crippen molar-refractivity contribution in [3.05, 3.63) is 78.2 Å². The van der Waals surface area contributed by atoms with Gasteiger partial charge in [-0.05, 0) is 79.9 Å². The van der Waals surface area contributed by atoms with E-state index in [4.69, 9.17) is 10.2 Å². The number of aromatic nitrogens is 3. The van der Waals surface area contributed by atoms with E-state index in [1.807, 2.05) is 36.7 Å². The van der Waals surface area contributed by atoms with Crippen molar-refractivity contribution in [2.24, 2.45) is 0 Å². The molecule has 6 rings (SSSR count). The molecule has 164 valence electrons. The molecule has 0 amide bonds. The third-order valence-electron chi connectivity index (χ3n) is 6.74. The fraction of sp³-hybridized carbons (Fsp3) is 0.259. The average molecular weight is 435 g/mol. The highest BCUT2D eigenvalue weighted by Gasteiger charge is 2.22. The summed E-state index contributed by atoms with van der Waals surface area (Å²) in [6, 6.07) is 19.4. The Morgan fingerprint density at radius 1 is 1.03 bits per heavy atom. The summed E-state index contributed by atoms with van der Waals surface area (Å²) < 4.78 is 4.48. The molecule has 6 nitrogen and oxygen atoms in total. The molecule has 2 aliphatic rings. The van der Waals surface area contributed by atoms with E-state index < -0.39 is 0 Å². The second-order valence-corrected chi connectivity index (χ2v) is 8.92. The summed E-state index contributed by atoms with van der Waals surface area (Å²) in [5.41, 5.74) is 7.64.